The number of fused-ring (bicyclic) bond motifs is 1. The number of nitrogens with zero attached hydrogens (tertiary/aromatic N) is 2. The van der Waals surface area contributed by atoms with E-state index in [0.29, 0.717) is 19.5 Å². The second-order valence-corrected chi connectivity index (χ2v) is 7.99. The van der Waals surface area contributed by atoms with Crippen LogP contribution >= 0.6 is 0 Å². The first-order valence-corrected chi connectivity index (χ1v) is 9.81. The van der Waals surface area contributed by atoms with E-state index in [1.165, 1.54) is 0 Å². The molecule has 0 spiro atoms. The molecular weight excluding hydrogens is 344 g/mol. The first kappa shape index (κ1) is 21.3. The molecule has 2 rings (SSSR count). The summed E-state index contributed by atoms with van der Waals surface area (Å²) in [5.41, 5.74) is 6.21. The number of anilines is 1. The van der Waals surface area contributed by atoms with Crippen molar-refractivity contribution in [3.8, 4) is 5.75 Å². The van der Waals surface area contributed by atoms with Gasteiger partial charge in [0.15, 0.2) is 0 Å². The molecule has 152 valence electrons. The molecule has 0 radical (unpaired) electrons. The van der Waals surface area contributed by atoms with E-state index >= 15 is 0 Å². The third-order valence-corrected chi connectivity index (χ3v) is 4.82. The van der Waals surface area contributed by atoms with E-state index in [1.54, 1.807) is 6.20 Å². The lowest BCUT2D eigenvalue weighted by Gasteiger charge is -2.38. The predicted octanol–water partition coefficient (Wildman–Crippen LogP) is 2.87. The van der Waals surface area contributed by atoms with Gasteiger partial charge in [0.1, 0.15) is 22.8 Å². The van der Waals surface area contributed by atoms with Crippen molar-refractivity contribution in [2.75, 3.05) is 31.1 Å². The Morgan fingerprint density at radius 3 is 2.70 bits per heavy atom. The van der Waals surface area contributed by atoms with Crippen molar-refractivity contribution in [3.63, 3.8) is 0 Å². The lowest BCUT2D eigenvalue weighted by Crippen LogP contribution is -2.48. The lowest BCUT2D eigenvalue weighted by atomic mass is 9.88. The van der Waals surface area contributed by atoms with E-state index in [1.807, 2.05) is 20.8 Å². The number of nitrogens with two attached hydrogens (primary N) is 1. The SMILES string of the molecule is CCN(CC)c1cc2c(cn1)OC(CN)(CCNC(=O)OC(C)(C)C)CC2. The molecule has 2 heterocycles. The highest BCUT2D eigenvalue weighted by atomic mass is 16.6. The molecule has 1 aromatic rings. The summed E-state index contributed by atoms with van der Waals surface area (Å²) in [6, 6.07) is 2.11. The number of amides is 1. The normalized spacial score (nSPS) is 19.0. The topological polar surface area (TPSA) is 89.7 Å². The van der Waals surface area contributed by atoms with E-state index in [0.717, 1.165) is 43.1 Å². The highest BCUT2D eigenvalue weighted by molar-refractivity contribution is 5.67. The molecule has 1 aliphatic heterocycles. The molecule has 1 aliphatic rings. The minimum atomic E-state index is -0.510. The molecule has 0 saturated carbocycles. The van der Waals surface area contributed by atoms with Crippen molar-refractivity contribution in [2.24, 2.45) is 5.73 Å². The molecule has 1 atom stereocenters. The Morgan fingerprint density at radius 2 is 2.11 bits per heavy atom. The molecule has 1 amide bonds. The fourth-order valence-corrected chi connectivity index (χ4v) is 3.25. The zero-order valence-corrected chi connectivity index (χ0v) is 17.3. The summed E-state index contributed by atoms with van der Waals surface area (Å²) in [6.07, 6.45) is 3.70. The molecule has 0 fully saturated rings. The molecule has 7 heteroatoms. The summed E-state index contributed by atoms with van der Waals surface area (Å²) < 4.78 is 11.5. The number of aromatic nitrogens is 1. The van der Waals surface area contributed by atoms with Crippen molar-refractivity contribution in [2.45, 2.75) is 65.1 Å². The van der Waals surface area contributed by atoms with E-state index in [4.69, 9.17) is 15.2 Å². The van der Waals surface area contributed by atoms with Crippen LogP contribution in [0.3, 0.4) is 0 Å². The van der Waals surface area contributed by atoms with Gasteiger partial charge >= 0.3 is 6.09 Å². The summed E-state index contributed by atoms with van der Waals surface area (Å²) in [6.45, 7) is 12.5. The molecule has 0 aromatic carbocycles. The minimum Gasteiger partial charge on any atom is -0.484 e. The van der Waals surface area contributed by atoms with Gasteiger partial charge in [0, 0.05) is 32.6 Å². The Hall–Kier alpha value is -2.02. The molecular formula is C20H34N4O3. The van der Waals surface area contributed by atoms with Crippen molar-refractivity contribution >= 4 is 11.9 Å². The van der Waals surface area contributed by atoms with Crippen LogP contribution in [0.15, 0.2) is 12.3 Å². The second kappa shape index (κ2) is 8.78. The van der Waals surface area contributed by atoms with Crippen molar-refractivity contribution < 1.29 is 14.3 Å². The average Bonchev–Trinajstić information content (AvgIpc) is 2.61. The Balaban J connectivity index is 1.99. The van der Waals surface area contributed by atoms with Crippen LogP contribution in [0.5, 0.6) is 5.75 Å². The molecule has 3 N–H and O–H groups in total. The highest BCUT2D eigenvalue weighted by Crippen LogP contribution is 2.35. The van der Waals surface area contributed by atoms with Gasteiger partial charge in [-0.25, -0.2) is 9.78 Å². The summed E-state index contributed by atoms with van der Waals surface area (Å²) in [5.74, 6) is 1.77. The number of carbonyl (C=O) groups is 1. The van der Waals surface area contributed by atoms with Gasteiger partial charge in [-0.05, 0) is 59.1 Å². The molecule has 0 saturated heterocycles. The highest BCUT2D eigenvalue weighted by Gasteiger charge is 2.35. The maximum Gasteiger partial charge on any atom is 0.407 e. The van der Waals surface area contributed by atoms with E-state index in [2.05, 4.69) is 35.1 Å². The van der Waals surface area contributed by atoms with Crippen molar-refractivity contribution in [1.29, 1.82) is 0 Å². The largest absolute Gasteiger partial charge is 0.484 e. The van der Waals surface area contributed by atoms with Crippen LogP contribution in [-0.4, -0.2) is 48.5 Å². The Morgan fingerprint density at radius 1 is 1.41 bits per heavy atom. The van der Waals surface area contributed by atoms with Crippen molar-refractivity contribution in [1.82, 2.24) is 10.3 Å². The molecule has 0 bridgehead atoms. The van der Waals surface area contributed by atoms with Crippen LogP contribution in [0.4, 0.5) is 10.6 Å². The molecule has 1 aromatic heterocycles. The summed E-state index contributed by atoms with van der Waals surface area (Å²) in [7, 11) is 0. The van der Waals surface area contributed by atoms with Crippen molar-refractivity contribution in [3.05, 3.63) is 17.8 Å². The van der Waals surface area contributed by atoms with Gasteiger partial charge in [0.2, 0.25) is 0 Å². The zero-order chi connectivity index (χ0) is 20.1. The molecule has 27 heavy (non-hydrogen) atoms. The van der Waals surface area contributed by atoms with Gasteiger partial charge in [-0.15, -0.1) is 0 Å². The maximum atomic E-state index is 11.8. The number of pyridine rings is 1. The second-order valence-electron chi connectivity index (χ2n) is 7.99. The van der Waals surface area contributed by atoms with Gasteiger partial charge in [0.05, 0.1) is 6.20 Å². The van der Waals surface area contributed by atoms with Gasteiger partial charge in [0.25, 0.3) is 0 Å². The maximum absolute atomic E-state index is 11.8. The number of ether oxygens (including phenoxy) is 2. The first-order chi connectivity index (χ1) is 12.7. The number of hydrogen-bond acceptors (Lipinski definition) is 6. The third-order valence-electron chi connectivity index (χ3n) is 4.82. The number of nitrogens with one attached hydrogen (secondary N) is 1. The lowest BCUT2D eigenvalue weighted by molar-refractivity contribution is 0.0379. The average molecular weight is 379 g/mol. The van der Waals surface area contributed by atoms with E-state index in [9.17, 15) is 4.79 Å². The van der Waals surface area contributed by atoms with Gasteiger partial charge in [-0.3, -0.25) is 0 Å². The molecule has 0 aliphatic carbocycles. The quantitative estimate of drug-likeness (QED) is 0.758. The zero-order valence-electron chi connectivity index (χ0n) is 17.3. The van der Waals surface area contributed by atoms with Crippen LogP contribution in [0, 0.1) is 0 Å². The Kier molecular flexibility index (Phi) is 6.92. The van der Waals surface area contributed by atoms with Gasteiger partial charge in [-0.2, -0.15) is 0 Å². The van der Waals surface area contributed by atoms with E-state index < -0.39 is 17.3 Å². The van der Waals surface area contributed by atoms with Crippen LogP contribution in [0.25, 0.3) is 0 Å². The molecule has 7 nitrogen and oxygen atoms in total. The fourth-order valence-electron chi connectivity index (χ4n) is 3.25. The Labute approximate surface area is 162 Å². The number of alkyl carbamates (subject to hydrolysis) is 1. The number of aryl methyl sites for hydroxylation is 1. The van der Waals surface area contributed by atoms with E-state index in [-0.39, 0.29) is 0 Å². The monoisotopic (exact) mass is 378 g/mol. The van der Waals surface area contributed by atoms with Gasteiger partial charge in [-0.1, -0.05) is 0 Å². The first-order valence-electron chi connectivity index (χ1n) is 9.81. The van der Waals surface area contributed by atoms with Crippen LogP contribution in [0.1, 0.15) is 53.0 Å². The third kappa shape index (κ3) is 5.73. The standard InChI is InChI=1S/C20H34N4O3/c1-6-24(7-2)17-12-15-8-9-20(14-21,26-16(15)13-23-17)10-11-22-18(25)27-19(3,4)5/h12-13H,6-11,14,21H2,1-5H3,(H,22,25). The van der Waals surface area contributed by atoms with Crippen LogP contribution in [0.2, 0.25) is 0 Å². The van der Waals surface area contributed by atoms with Crippen LogP contribution in [-0.2, 0) is 11.2 Å². The van der Waals surface area contributed by atoms with Crippen LogP contribution < -0.4 is 20.7 Å². The minimum absolute atomic E-state index is 0.389. The number of rotatable bonds is 7. The number of carbonyl (C=O) groups excluding carboxylic acids is 1. The molecule has 1 unspecified atom stereocenters. The fraction of sp³-hybridized carbons (Fsp3) is 0.700. The van der Waals surface area contributed by atoms with Gasteiger partial charge < -0.3 is 25.4 Å². The Bertz CT molecular complexity index is 641. The summed E-state index contributed by atoms with van der Waals surface area (Å²) >= 11 is 0. The number of hydrogen-bond donors (Lipinski definition) is 2. The predicted molar refractivity (Wildman–Crippen MR) is 107 cm³/mol. The smallest absolute Gasteiger partial charge is 0.407 e. The summed E-state index contributed by atoms with van der Waals surface area (Å²) in [5, 5.41) is 2.79. The summed E-state index contributed by atoms with van der Waals surface area (Å²) in [4.78, 5) is 18.6.